The van der Waals surface area contributed by atoms with Gasteiger partial charge in [-0.25, -0.2) is 9.97 Å². The number of nitrogens with zero attached hydrogens (tertiary/aromatic N) is 4. The van der Waals surface area contributed by atoms with Crippen molar-refractivity contribution >= 4 is 16.9 Å². The highest BCUT2D eigenvalue weighted by Gasteiger charge is 2.36. The normalized spacial score (nSPS) is 24.0. The number of carboxylic acids is 1. The second-order valence-electron chi connectivity index (χ2n) is 12.1. The van der Waals surface area contributed by atoms with Gasteiger partial charge in [-0.2, -0.15) is 0 Å². The molecule has 3 aromatic rings. The number of carboxylic acid groups (broad SMARTS) is 1. The van der Waals surface area contributed by atoms with E-state index in [9.17, 15) is 15.0 Å². The first-order valence-corrected chi connectivity index (χ1v) is 14.9. The van der Waals surface area contributed by atoms with E-state index >= 15 is 0 Å². The fraction of sp³-hybridized carbons (Fsp3) is 0.562. The summed E-state index contributed by atoms with van der Waals surface area (Å²) in [6.45, 7) is 2.40. The monoisotopic (exact) mass is 544 g/mol. The molecule has 8 nitrogen and oxygen atoms in total. The van der Waals surface area contributed by atoms with Crippen LogP contribution in [0.4, 0.5) is 0 Å². The van der Waals surface area contributed by atoms with Crippen LogP contribution in [0, 0.1) is 23.7 Å². The number of piperidine rings is 1. The van der Waals surface area contributed by atoms with Crippen LogP contribution in [-0.4, -0.2) is 62.8 Å². The van der Waals surface area contributed by atoms with Crippen molar-refractivity contribution in [3.63, 3.8) is 0 Å². The molecule has 0 amide bonds. The third-order valence-electron chi connectivity index (χ3n) is 9.30. The van der Waals surface area contributed by atoms with Crippen LogP contribution in [0.15, 0.2) is 36.7 Å². The highest BCUT2D eigenvalue weighted by atomic mass is 16.5. The average Bonchev–Trinajstić information content (AvgIpc) is 3.79. The minimum Gasteiger partial charge on any atom is -0.497 e. The van der Waals surface area contributed by atoms with Gasteiger partial charge >= 0.3 is 5.97 Å². The van der Waals surface area contributed by atoms with Crippen molar-refractivity contribution in [3.8, 4) is 5.75 Å². The largest absolute Gasteiger partial charge is 0.497 e. The van der Waals surface area contributed by atoms with Crippen LogP contribution in [0.1, 0.15) is 67.3 Å². The minimum atomic E-state index is -0.728. The van der Waals surface area contributed by atoms with Crippen molar-refractivity contribution < 1.29 is 19.7 Å². The lowest BCUT2D eigenvalue weighted by atomic mass is 9.80. The van der Waals surface area contributed by atoms with E-state index in [1.807, 2.05) is 30.5 Å². The summed E-state index contributed by atoms with van der Waals surface area (Å²) in [5.74, 6) is 1.94. The molecule has 3 heterocycles. The van der Waals surface area contributed by atoms with E-state index in [1.165, 1.54) is 24.1 Å². The zero-order valence-electron chi connectivity index (χ0n) is 23.3. The number of hydrogen-bond donors (Lipinski definition) is 2. The highest BCUT2D eigenvalue weighted by Crippen LogP contribution is 2.35. The molecule has 1 saturated carbocycles. The average molecular weight is 545 g/mol. The molecule has 8 heteroatoms. The number of benzene rings is 1. The first-order chi connectivity index (χ1) is 19.5. The van der Waals surface area contributed by atoms with Crippen LogP contribution in [0.25, 0.3) is 10.9 Å². The zero-order valence-corrected chi connectivity index (χ0v) is 23.3. The Balaban J connectivity index is 1.04. The Morgan fingerprint density at radius 2 is 2.02 bits per heavy atom. The summed E-state index contributed by atoms with van der Waals surface area (Å²) < 4.78 is 5.37. The maximum absolute atomic E-state index is 12.3. The van der Waals surface area contributed by atoms with Crippen LogP contribution < -0.4 is 4.74 Å². The number of aliphatic hydroxyl groups excluding tert-OH is 1. The predicted octanol–water partition coefficient (Wildman–Crippen LogP) is 4.63. The number of aryl methyl sites for hydroxylation is 1. The number of likely N-dealkylation sites (tertiary alicyclic amines) is 1. The molecule has 3 aliphatic rings. The molecule has 2 N–H and O–H groups in total. The Hall–Kier alpha value is -3.10. The maximum Gasteiger partial charge on any atom is 0.308 e. The minimum absolute atomic E-state index is 0.0522. The zero-order chi connectivity index (χ0) is 27.6. The van der Waals surface area contributed by atoms with Crippen molar-refractivity contribution in [3.05, 3.63) is 59.3 Å². The number of hydrogen-bond acceptors (Lipinski definition) is 7. The predicted molar refractivity (Wildman–Crippen MR) is 152 cm³/mol. The first-order valence-electron chi connectivity index (χ1n) is 14.9. The van der Waals surface area contributed by atoms with Gasteiger partial charge in [0, 0.05) is 43.0 Å². The van der Waals surface area contributed by atoms with Gasteiger partial charge in [0.25, 0.3) is 0 Å². The molecule has 0 radical (unpaired) electrons. The van der Waals surface area contributed by atoms with E-state index < -0.39 is 18.0 Å². The van der Waals surface area contributed by atoms with Crippen LogP contribution in [0.2, 0.25) is 0 Å². The Bertz CT molecular complexity index is 1360. The lowest BCUT2D eigenvalue weighted by Gasteiger charge is -2.39. The molecule has 1 aromatic carbocycles. The summed E-state index contributed by atoms with van der Waals surface area (Å²) in [6.07, 6.45) is 11.8. The van der Waals surface area contributed by atoms with E-state index in [1.54, 1.807) is 13.3 Å². The second kappa shape index (κ2) is 11.8. The molecule has 6 rings (SSSR count). The molecule has 2 aromatic heterocycles. The standard InChI is InChI=1S/C32H40N4O4/c1-40-24-6-8-29-26(16-24)25(10-12-33-29)30(37)9-5-22-11-13-36(19-27(22)32(38)39)18-21-4-7-28-23(14-21)17-34-31(35-28)15-20-2-3-20/h6,8,10,12,16-17,20-22,27,30,37H,2-5,7,9,11,13-15,18-19H2,1H3,(H,38,39)/t21?,22-,27+,30?/m1/s1. The van der Waals surface area contributed by atoms with Crippen molar-refractivity contribution in [1.82, 2.24) is 19.9 Å². The van der Waals surface area contributed by atoms with Gasteiger partial charge in [-0.3, -0.25) is 9.78 Å². The molecule has 40 heavy (non-hydrogen) atoms. The molecule has 2 fully saturated rings. The highest BCUT2D eigenvalue weighted by molar-refractivity contribution is 5.83. The van der Waals surface area contributed by atoms with Gasteiger partial charge in [-0.15, -0.1) is 0 Å². The van der Waals surface area contributed by atoms with Gasteiger partial charge in [0.1, 0.15) is 11.6 Å². The molecule has 1 saturated heterocycles. The summed E-state index contributed by atoms with van der Waals surface area (Å²) >= 11 is 0. The molecule has 0 bridgehead atoms. The van der Waals surface area contributed by atoms with Gasteiger partial charge in [0.2, 0.25) is 0 Å². The molecular formula is C32H40N4O4. The molecule has 4 atom stereocenters. The molecular weight excluding hydrogens is 504 g/mol. The van der Waals surface area contributed by atoms with Crippen molar-refractivity contribution in [1.29, 1.82) is 0 Å². The van der Waals surface area contributed by atoms with Gasteiger partial charge in [-0.05, 0) is 111 Å². The lowest BCUT2D eigenvalue weighted by molar-refractivity contribution is -0.146. The summed E-state index contributed by atoms with van der Waals surface area (Å²) in [5.41, 5.74) is 4.12. The topological polar surface area (TPSA) is 109 Å². The molecule has 2 aliphatic carbocycles. The second-order valence-corrected chi connectivity index (χ2v) is 12.1. The van der Waals surface area contributed by atoms with Crippen LogP contribution in [0.5, 0.6) is 5.75 Å². The number of aliphatic carboxylic acids is 1. The van der Waals surface area contributed by atoms with Gasteiger partial charge in [-0.1, -0.05) is 0 Å². The van der Waals surface area contributed by atoms with E-state index in [2.05, 4.69) is 14.9 Å². The number of pyridine rings is 1. The van der Waals surface area contributed by atoms with Crippen molar-refractivity contribution in [2.75, 3.05) is 26.7 Å². The van der Waals surface area contributed by atoms with Crippen molar-refractivity contribution in [2.45, 2.75) is 63.9 Å². The van der Waals surface area contributed by atoms with Gasteiger partial charge in [0.15, 0.2) is 0 Å². The molecule has 1 aliphatic heterocycles. The summed E-state index contributed by atoms with van der Waals surface area (Å²) in [7, 11) is 1.62. The Morgan fingerprint density at radius 1 is 1.15 bits per heavy atom. The fourth-order valence-corrected chi connectivity index (χ4v) is 6.77. The van der Waals surface area contributed by atoms with Crippen LogP contribution >= 0.6 is 0 Å². The van der Waals surface area contributed by atoms with E-state index in [0.717, 1.165) is 79.2 Å². The number of aliphatic hydroxyl groups is 1. The number of carbonyl (C=O) groups is 1. The molecule has 212 valence electrons. The lowest BCUT2D eigenvalue weighted by Crippen LogP contribution is -2.46. The summed E-state index contributed by atoms with van der Waals surface area (Å²) in [5, 5.41) is 22.1. The quantitative estimate of drug-likeness (QED) is 0.380. The first kappa shape index (κ1) is 27.1. The number of fused-ring (bicyclic) bond motifs is 2. The maximum atomic E-state index is 12.3. The van der Waals surface area contributed by atoms with E-state index in [4.69, 9.17) is 9.72 Å². The van der Waals surface area contributed by atoms with Crippen molar-refractivity contribution in [2.24, 2.45) is 23.7 Å². The Morgan fingerprint density at radius 3 is 2.83 bits per heavy atom. The smallest absolute Gasteiger partial charge is 0.308 e. The molecule has 2 unspecified atom stereocenters. The van der Waals surface area contributed by atoms with Crippen LogP contribution in [-0.2, 0) is 24.1 Å². The van der Waals surface area contributed by atoms with E-state index in [-0.39, 0.29) is 5.92 Å². The molecule has 0 spiro atoms. The Labute approximate surface area is 235 Å². The third-order valence-corrected chi connectivity index (χ3v) is 9.30. The van der Waals surface area contributed by atoms with E-state index in [0.29, 0.717) is 25.3 Å². The number of methoxy groups -OCH3 is 1. The summed E-state index contributed by atoms with van der Waals surface area (Å²) in [4.78, 5) is 28.6. The third kappa shape index (κ3) is 6.13. The number of ether oxygens (including phenoxy) is 1. The Kier molecular flexibility index (Phi) is 7.98. The van der Waals surface area contributed by atoms with Crippen LogP contribution in [0.3, 0.4) is 0 Å². The SMILES string of the molecule is COc1ccc2nccc(C(O)CC[C@@H]3CCN(CC4CCc5nc(CC6CC6)ncc5C4)C[C@@H]3C(=O)O)c2c1. The van der Waals surface area contributed by atoms with Gasteiger partial charge < -0.3 is 19.8 Å². The summed E-state index contributed by atoms with van der Waals surface area (Å²) in [6, 6.07) is 7.51. The number of rotatable bonds is 10. The fourth-order valence-electron chi connectivity index (χ4n) is 6.77. The van der Waals surface area contributed by atoms with Gasteiger partial charge in [0.05, 0.1) is 24.6 Å². The number of aromatic nitrogens is 3.